The van der Waals surface area contributed by atoms with Gasteiger partial charge in [0.05, 0.1) is 17.6 Å². The zero-order chi connectivity index (χ0) is 24.0. The van der Waals surface area contributed by atoms with Crippen molar-refractivity contribution in [1.29, 1.82) is 0 Å². The Morgan fingerprint density at radius 2 is 1.88 bits per heavy atom. The van der Waals surface area contributed by atoms with Crippen LogP contribution in [-0.2, 0) is 11.2 Å². The maximum Gasteiger partial charge on any atom is 0.286 e. The molecule has 3 rings (SSSR count). The summed E-state index contributed by atoms with van der Waals surface area (Å²) in [5, 5.41) is -0.410. The van der Waals surface area contributed by atoms with Crippen molar-refractivity contribution in [1.82, 2.24) is 4.90 Å². The van der Waals surface area contributed by atoms with E-state index < -0.39 is 22.7 Å². The first kappa shape index (κ1) is 25.4. The van der Waals surface area contributed by atoms with Crippen LogP contribution in [0.15, 0.2) is 29.2 Å². The van der Waals surface area contributed by atoms with E-state index in [1.807, 2.05) is 6.92 Å². The van der Waals surface area contributed by atoms with Crippen LogP contribution < -0.4 is 4.74 Å². The predicted molar refractivity (Wildman–Crippen MR) is 124 cm³/mol. The molecule has 0 aromatic heterocycles. The average molecular weight is 482 g/mol. The molecule has 0 bridgehead atoms. The van der Waals surface area contributed by atoms with E-state index in [-0.39, 0.29) is 34.5 Å². The molecule has 1 aliphatic rings. The summed E-state index contributed by atoms with van der Waals surface area (Å²) in [5.74, 6) is -3.03. The van der Waals surface area contributed by atoms with E-state index in [9.17, 15) is 9.18 Å². The average Bonchev–Trinajstić information content (AvgIpc) is 3.31. The normalized spacial score (nSPS) is 15.6. The van der Waals surface area contributed by atoms with Crippen molar-refractivity contribution in [2.45, 2.75) is 56.4 Å². The minimum absolute atomic E-state index is 0.0171. The summed E-state index contributed by atoms with van der Waals surface area (Å²) >= 11 is 0.668. The number of hydrogen-bond acceptors (Lipinski definition) is 4. The second kappa shape index (κ2) is 11.8. The first-order chi connectivity index (χ1) is 15.8. The number of carbonyl (C=O) groups is 1. The predicted octanol–water partition coefficient (Wildman–Crippen LogP) is 6.84. The fourth-order valence-corrected chi connectivity index (χ4v) is 4.51. The fraction of sp³-hybridized carbons (Fsp3) is 0.480. The van der Waals surface area contributed by atoms with Gasteiger partial charge in [0, 0.05) is 31.8 Å². The number of amides is 1. The van der Waals surface area contributed by atoms with Gasteiger partial charge in [-0.25, -0.2) is 8.78 Å². The number of nitrogens with zero attached hydrogens (tertiary/aromatic N) is 1. The van der Waals surface area contributed by atoms with Crippen molar-refractivity contribution in [3.63, 3.8) is 0 Å². The van der Waals surface area contributed by atoms with Crippen LogP contribution in [0.2, 0.25) is 0 Å². The molecule has 0 saturated carbocycles. The largest absolute Gasteiger partial charge is 0.490 e. The van der Waals surface area contributed by atoms with Crippen LogP contribution in [-0.4, -0.2) is 43.6 Å². The van der Waals surface area contributed by atoms with E-state index in [1.165, 1.54) is 17.0 Å². The van der Waals surface area contributed by atoms with E-state index in [0.29, 0.717) is 36.8 Å². The number of thioether (sulfide) groups is 1. The van der Waals surface area contributed by atoms with E-state index in [1.54, 1.807) is 26.2 Å². The molecule has 0 aliphatic carbocycles. The highest BCUT2D eigenvalue weighted by Gasteiger charge is 2.24. The molecule has 1 heterocycles. The van der Waals surface area contributed by atoms with Gasteiger partial charge in [0.15, 0.2) is 11.6 Å². The highest BCUT2D eigenvalue weighted by molar-refractivity contribution is 8.13. The van der Waals surface area contributed by atoms with E-state index in [0.717, 1.165) is 25.7 Å². The number of benzene rings is 2. The molecule has 0 radical (unpaired) electrons. The molecule has 1 unspecified atom stereocenters. The molecule has 2 aromatic carbocycles. The summed E-state index contributed by atoms with van der Waals surface area (Å²) in [7, 11) is 3.10. The Balaban J connectivity index is 1.96. The van der Waals surface area contributed by atoms with Crippen LogP contribution >= 0.6 is 11.8 Å². The highest BCUT2D eigenvalue weighted by atomic mass is 32.2. The smallest absolute Gasteiger partial charge is 0.286 e. The molecular formula is C25H30F3NO3S. The molecule has 8 heteroatoms. The van der Waals surface area contributed by atoms with Gasteiger partial charge in [-0.3, -0.25) is 4.79 Å². The summed E-state index contributed by atoms with van der Waals surface area (Å²) in [6.45, 7) is 2.96. The Morgan fingerprint density at radius 3 is 2.55 bits per heavy atom. The molecule has 1 amide bonds. The second-order valence-corrected chi connectivity index (χ2v) is 9.25. The molecule has 1 fully saturated rings. The Hall–Kier alpha value is -2.19. The molecule has 2 aromatic rings. The monoisotopic (exact) mass is 481 g/mol. The van der Waals surface area contributed by atoms with Gasteiger partial charge in [0.2, 0.25) is 5.82 Å². The lowest BCUT2D eigenvalue weighted by Gasteiger charge is -2.17. The maximum atomic E-state index is 15.6. The lowest BCUT2D eigenvalue weighted by Crippen LogP contribution is -2.16. The third-order valence-electron chi connectivity index (χ3n) is 5.58. The van der Waals surface area contributed by atoms with Crippen LogP contribution in [0.4, 0.5) is 18.0 Å². The number of hydrogen-bond donors (Lipinski definition) is 0. The molecule has 4 nitrogen and oxygen atoms in total. The second-order valence-electron chi connectivity index (χ2n) is 8.29. The summed E-state index contributed by atoms with van der Waals surface area (Å²) in [4.78, 5) is 13.7. The van der Waals surface area contributed by atoms with Crippen LogP contribution in [0.5, 0.6) is 5.75 Å². The quantitative estimate of drug-likeness (QED) is 0.291. The van der Waals surface area contributed by atoms with E-state index in [2.05, 4.69) is 0 Å². The van der Waals surface area contributed by atoms with Gasteiger partial charge in [-0.1, -0.05) is 25.5 Å². The standard InChI is InChI=1S/C25H30F3NO3S/c1-4-5-14-32-20-13-12-18(22(27)23(20)28)19-11-9-16(8-10-17-7-6-15-31-17)21(26)24(19)33-25(30)29(2)3/h9,11-13,17H,4-8,10,14-15H2,1-3H3. The first-order valence-electron chi connectivity index (χ1n) is 11.3. The summed E-state index contributed by atoms with van der Waals surface area (Å²) < 4.78 is 56.2. The molecule has 1 saturated heterocycles. The van der Waals surface area contributed by atoms with Gasteiger partial charge in [0.1, 0.15) is 5.82 Å². The van der Waals surface area contributed by atoms with Crippen molar-refractivity contribution < 1.29 is 27.4 Å². The Kier molecular flexibility index (Phi) is 9.09. The van der Waals surface area contributed by atoms with Crippen molar-refractivity contribution >= 4 is 17.0 Å². The van der Waals surface area contributed by atoms with Gasteiger partial charge >= 0.3 is 0 Å². The van der Waals surface area contributed by atoms with Gasteiger partial charge in [0.25, 0.3) is 5.24 Å². The van der Waals surface area contributed by atoms with Gasteiger partial charge < -0.3 is 14.4 Å². The highest BCUT2D eigenvalue weighted by Crippen LogP contribution is 2.39. The molecule has 180 valence electrons. The van der Waals surface area contributed by atoms with Crippen LogP contribution in [0.25, 0.3) is 11.1 Å². The number of rotatable bonds is 9. The topological polar surface area (TPSA) is 38.8 Å². The molecule has 1 aliphatic heterocycles. The third kappa shape index (κ3) is 6.23. The van der Waals surface area contributed by atoms with Gasteiger partial charge in [-0.05, 0) is 61.6 Å². The number of aryl methyl sites for hydroxylation is 1. The summed E-state index contributed by atoms with van der Waals surface area (Å²) in [5.41, 5.74) is 0.433. The lowest BCUT2D eigenvalue weighted by molar-refractivity contribution is 0.104. The minimum Gasteiger partial charge on any atom is -0.490 e. The van der Waals surface area contributed by atoms with Crippen molar-refractivity contribution in [3.8, 4) is 16.9 Å². The van der Waals surface area contributed by atoms with Crippen molar-refractivity contribution in [2.24, 2.45) is 0 Å². The number of ether oxygens (including phenoxy) is 2. The van der Waals surface area contributed by atoms with Gasteiger partial charge in [-0.2, -0.15) is 4.39 Å². The molecule has 33 heavy (non-hydrogen) atoms. The zero-order valence-electron chi connectivity index (χ0n) is 19.3. The number of unbranched alkanes of at least 4 members (excludes halogenated alkanes) is 1. The van der Waals surface area contributed by atoms with Crippen LogP contribution in [0.1, 0.15) is 44.6 Å². The first-order valence-corrected chi connectivity index (χ1v) is 12.1. The zero-order valence-corrected chi connectivity index (χ0v) is 20.1. The minimum atomic E-state index is -1.13. The summed E-state index contributed by atoms with van der Waals surface area (Å²) in [6, 6.07) is 5.83. The summed E-state index contributed by atoms with van der Waals surface area (Å²) in [6.07, 6.45) is 4.70. The fourth-order valence-electron chi connectivity index (χ4n) is 3.65. The molecular weight excluding hydrogens is 451 g/mol. The van der Waals surface area contributed by atoms with Crippen molar-refractivity contribution in [3.05, 3.63) is 47.3 Å². The van der Waals surface area contributed by atoms with E-state index >= 15 is 8.78 Å². The lowest BCUT2D eigenvalue weighted by atomic mass is 9.99. The SMILES string of the molecule is CCCCOc1ccc(-c2ccc(CCC3CCCO3)c(F)c2SC(=O)N(C)C)c(F)c1F. The molecule has 0 spiro atoms. The Labute approximate surface area is 197 Å². The Bertz CT molecular complexity index is 978. The maximum absolute atomic E-state index is 15.6. The van der Waals surface area contributed by atoms with Crippen LogP contribution in [0, 0.1) is 17.5 Å². The van der Waals surface area contributed by atoms with Crippen LogP contribution in [0.3, 0.4) is 0 Å². The number of carbonyl (C=O) groups excluding carboxylic acids is 1. The van der Waals surface area contributed by atoms with Gasteiger partial charge in [-0.15, -0.1) is 0 Å². The Morgan fingerprint density at radius 1 is 1.12 bits per heavy atom. The molecule has 1 atom stereocenters. The number of halogens is 3. The van der Waals surface area contributed by atoms with E-state index in [4.69, 9.17) is 9.47 Å². The third-order valence-corrected chi connectivity index (χ3v) is 6.73. The molecule has 0 N–H and O–H groups in total. The van der Waals surface area contributed by atoms with Crippen molar-refractivity contribution in [2.75, 3.05) is 27.3 Å².